The molecule has 24 heavy (non-hydrogen) atoms. The molecule has 0 aliphatic carbocycles. The van der Waals surface area contributed by atoms with Crippen LogP contribution in [0, 0.1) is 0 Å². The van der Waals surface area contributed by atoms with E-state index in [-0.39, 0.29) is 17.6 Å². The lowest BCUT2D eigenvalue weighted by molar-refractivity contribution is -0.157. The number of thiazole rings is 1. The van der Waals surface area contributed by atoms with Crippen LogP contribution < -0.4 is 0 Å². The Balaban J connectivity index is 1.61. The summed E-state index contributed by atoms with van der Waals surface area (Å²) in [5.41, 5.74) is 1.54. The molecule has 0 aromatic carbocycles. The molecule has 1 amide bonds. The first-order chi connectivity index (χ1) is 11.4. The molecule has 0 spiro atoms. The molecule has 128 valence electrons. The van der Waals surface area contributed by atoms with Gasteiger partial charge in [0.1, 0.15) is 0 Å². The van der Waals surface area contributed by atoms with Crippen molar-refractivity contribution in [3.63, 3.8) is 0 Å². The van der Waals surface area contributed by atoms with E-state index in [4.69, 9.17) is 4.74 Å². The summed E-state index contributed by atoms with van der Waals surface area (Å²) in [4.78, 5) is 23.4. The number of pyridine rings is 1. The van der Waals surface area contributed by atoms with Gasteiger partial charge in [0, 0.05) is 36.8 Å². The monoisotopic (exact) mass is 345 g/mol. The smallest absolute Gasteiger partial charge is 0.228 e. The molecule has 0 saturated carbocycles. The normalized spacial score (nSPS) is 20.1. The highest BCUT2D eigenvalue weighted by atomic mass is 32.1. The van der Waals surface area contributed by atoms with E-state index in [0.717, 1.165) is 16.4 Å². The molecule has 0 bridgehead atoms. The van der Waals surface area contributed by atoms with E-state index in [1.165, 1.54) is 0 Å². The van der Waals surface area contributed by atoms with Gasteiger partial charge in [-0.1, -0.05) is 6.07 Å². The summed E-state index contributed by atoms with van der Waals surface area (Å²) in [6.07, 6.45) is 2.91. The SMILES string of the molecule is C[C@H]1CN(C(=O)Cc2csc(Cc3ccccn3)n2)CC(C)(C)O1. The van der Waals surface area contributed by atoms with E-state index in [2.05, 4.69) is 9.97 Å². The fourth-order valence-electron chi connectivity index (χ4n) is 3.08. The van der Waals surface area contributed by atoms with E-state index in [1.807, 2.05) is 49.3 Å². The molecular weight excluding hydrogens is 322 g/mol. The summed E-state index contributed by atoms with van der Waals surface area (Å²) in [6, 6.07) is 5.87. The van der Waals surface area contributed by atoms with E-state index in [0.29, 0.717) is 25.9 Å². The second kappa shape index (κ2) is 6.99. The third kappa shape index (κ3) is 4.39. The maximum atomic E-state index is 12.6. The van der Waals surface area contributed by atoms with Gasteiger partial charge in [-0.3, -0.25) is 9.78 Å². The fraction of sp³-hybridized carbons (Fsp3) is 0.500. The zero-order valence-corrected chi connectivity index (χ0v) is 15.2. The van der Waals surface area contributed by atoms with Crippen molar-refractivity contribution in [3.8, 4) is 0 Å². The first-order valence-corrected chi connectivity index (χ1v) is 9.08. The quantitative estimate of drug-likeness (QED) is 0.855. The minimum absolute atomic E-state index is 0.0628. The molecule has 1 saturated heterocycles. The summed E-state index contributed by atoms with van der Waals surface area (Å²) in [7, 11) is 0. The Kier molecular flexibility index (Phi) is 4.96. The van der Waals surface area contributed by atoms with Gasteiger partial charge in [-0.15, -0.1) is 11.3 Å². The van der Waals surface area contributed by atoms with Crippen molar-refractivity contribution in [2.45, 2.75) is 45.3 Å². The summed E-state index contributed by atoms with van der Waals surface area (Å²) >= 11 is 1.59. The average Bonchev–Trinajstić information content (AvgIpc) is 2.93. The topological polar surface area (TPSA) is 55.3 Å². The molecule has 0 unspecified atom stereocenters. The van der Waals surface area contributed by atoms with Crippen molar-refractivity contribution >= 4 is 17.2 Å². The van der Waals surface area contributed by atoms with Gasteiger partial charge in [-0.25, -0.2) is 4.98 Å². The molecule has 1 aliphatic heterocycles. The van der Waals surface area contributed by atoms with Crippen molar-refractivity contribution in [2.75, 3.05) is 13.1 Å². The summed E-state index contributed by atoms with van der Waals surface area (Å²) in [5.74, 6) is 0.118. The first-order valence-electron chi connectivity index (χ1n) is 8.20. The van der Waals surface area contributed by atoms with Crippen LogP contribution >= 0.6 is 11.3 Å². The lowest BCUT2D eigenvalue weighted by atomic mass is 10.1. The molecule has 2 aromatic heterocycles. The van der Waals surface area contributed by atoms with E-state index < -0.39 is 0 Å². The maximum absolute atomic E-state index is 12.6. The van der Waals surface area contributed by atoms with Gasteiger partial charge in [-0.2, -0.15) is 0 Å². The van der Waals surface area contributed by atoms with E-state index in [1.54, 1.807) is 17.5 Å². The Hall–Kier alpha value is -1.79. The molecule has 0 N–H and O–H groups in total. The molecule has 3 rings (SSSR count). The second-order valence-electron chi connectivity index (χ2n) is 6.87. The van der Waals surface area contributed by atoms with Crippen LogP contribution in [-0.2, 0) is 22.4 Å². The first kappa shape index (κ1) is 17.0. The van der Waals surface area contributed by atoms with Crippen LogP contribution in [-0.4, -0.2) is 45.6 Å². The van der Waals surface area contributed by atoms with Crippen molar-refractivity contribution in [1.29, 1.82) is 0 Å². The van der Waals surface area contributed by atoms with Crippen molar-refractivity contribution in [2.24, 2.45) is 0 Å². The van der Waals surface area contributed by atoms with Crippen molar-refractivity contribution in [1.82, 2.24) is 14.9 Å². The molecule has 2 aromatic rings. The van der Waals surface area contributed by atoms with Crippen molar-refractivity contribution < 1.29 is 9.53 Å². The van der Waals surface area contributed by atoms with Crippen LogP contribution in [0.4, 0.5) is 0 Å². The fourth-order valence-corrected chi connectivity index (χ4v) is 3.89. The molecule has 5 nitrogen and oxygen atoms in total. The molecule has 3 heterocycles. The summed E-state index contributed by atoms with van der Waals surface area (Å²) in [5, 5.41) is 2.97. The maximum Gasteiger partial charge on any atom is 0.228 e. The number of rotatable bonds is 4. The lowest BCUT2D eigenvalue weighted by Crippen LogP contribution is -2.54. The lowest BCUT2D eigenvalue weighted by Gasteiger charge is -2.41. The number of ether oxygens (including phenoxy) is 1. The highest BCUT2D eigenvalue weighted by Gasteiger charge is 2.33. The zero-order valence-electron chi connectivity index (χ0n) is 14.4. The Morgan fingerprint density at radius 2 is 2.25 bits per heavy atom. The number of carbonyl (C=O) groups excluding carboxylic acids is 1. The molecule has 1 fully saturated rings. The molecule has 1 atom stereocenters. The Labute approximate surface area is 146 Å². The van der Waals surface area contributed by atoms with Crippen LogP contribution in [0.1, 0.15) is 37.2 Å². The van der Waals surface area contributed by atoms with Gasteiger partial charge in [0.2, 0.25) is 5.91 Å². The number of hydrogen-bond donors (Lipinski definition) is 0. The van der Waals surface area contributed by atoms with Gasteiger partial charge >= 0.3 is 0 Å². The summed E-state index contributed by atoms with van der Waals surface area (Å²) < 4.78 is 5.86. The van der Waals surface area contributed by atoms with Gasteiger partial charge in [0.25, 0.3) is 0 Å². The Morgan fingerprint density at radius 3 is 2.96 bits per heavy atom. The average molecular weight is 345 g/mol. The standard InChI is InChI=1S/C18H23N3O2S/c1-13-10-21(12-18(2,3)23-13)17(22)9-15-11-24-16(20-15)8-14-6-4-5-7-19-14/h4-7,11,13H,8-10,12H2,1-3H3/t13-/m0/s1. The highest BCUT2D eigenvalue weighted by molar-refractivity contribution is 7.09. The minimum Gasteiger partial charge on any atom is -0.369 e. The van der Waals surface area contributed by atoms with Crippen molar-refractivity contribution in [3.05, 3.63) is 46.2 Å². The molecule has 1 aliphatic rings. The number of hydrogen-bond acceptors (Lipinski definition) is 5. The third-order valence-electron chi connectivity index (χ3n) is 3.91. The molecule has 6 heteroatoms. The Bertz CT molecular complexity index is 699. The Morgan fingerprint density at radius 1 is 1.42 bits per heavy atom. The predicted octanol–water partition coefficient (Wildman–Crippen LogP) is 2.70. The third-order valence-corrected chi connectivity index (χ3v) is 4.81. The van der Waals surface area contributed by atoms with E-state index >= 15 is 0 Å². The molecular formula is C18H23N3O2S. The number of morpholine rings is 1. The van der Waals surface area contributed by atoms with E-state index in [9.17, 15) is 4.79 Å². The van der Waals surface area contributed by atoms with Gasteiger partial charge in [-0.05, 0) is 32.9 Å². The van der Waals surface area contributed by atoms with Gasteiger partial charge < -0.3 is 9.64 Å². The van der Waals surface area contributed by atoms with Crippen LogP contribution in [0.15, 0.2) is 29.8 Å². The largest absolute Gasteiger partial charge is 0.369 e. The highest BCUT2D eigenvalue weighted by Crippen LogP contribution is 2.22. The predicted molar refractivity (Wildman–Crippen MR) is 94.1 cm³/mol. The number of amides is 1. The van der Waals surface area contributed by atoms with Crippen LogP contribution in [0.3, 0.4) is 0 Å². The summed E-state index contributed by atoms with van der Waals surface area (Å²) in [6.45, 7) is 7.33. The van der Waals surface area contributed by atoms with Crippen LogP contribution in [0.25, 0.3) is 0 Å². The van der Waals surface area contributed by atoms with Gasteiger partial charge in [0.15, 0.2) is 0 Å². The zero-order chi connectivity index (χ0) is 17.2. The second-order valence-corrected chi connectivity index (χ2v) is 7.81. The molecule has 0 radical (unpaired) electrons. The minimum atomic E-state index is -0.292. The number of carbonyl (C=O) groups is 1. The van der Waals surface area contributed by atoms with Gasteiger partial charge in [0.05, 0.1) is 28.8 Å². The van der Waals surface area contributed by atoms with Crippen LogP contribution in [0.2, 0.25) is 0 Å². The van der Waals surface area contributed by atoms with Crippen LogP contribution in [0.5, 0.6) is 0 Å². The number of aromatic nitrogens is 2. The number of nitrogens with zero attached hydrogens (tertiary/aromatic N) is 3.